The summed E-state index contributed by atoms with van der Waals surface area (Å²) in [7, 11) is 0. The molecule has 7 heteroatoms. The molecule has 1 aliphatic rings. The fourth-order valence-electron chi connectivity index (χ4n) is 2.65. The van der Waals surface area contributed by atoms with Gasteiger partial charge in [0.15, 0.2) is 5.65 Å². The summed E-state index contributed by atoms with van der Waals surface area (Å²) in [6, 6.07) is 3.97. The van der Waals surface area contributed by atoms with Crippen LogP contribution < -0.4 is 16.3 Å². The van der Waals surface area contributed by atoms with Gasteiger partial charge in [-0.25, -0.2) is 9.89 Å². The van der Waals surface area contributed by atoms with E-state index in [2.05, 4.69) is 27.1 Å². The van der Waals surface area contributed by atoms with Crippen molar-refractivity contribution in [2.75, 3.05) is 18.0 Å². The predicted octanol–water partition coefficient (Wildman–Crippen LogP) is -0.0188. The minimum atomic E-state index is -0.308. The van der Waals surface area contributed by atoms with Gasteiger partial charge in [0.25, 0.3) is 0 Å². The molecule has 2 atom stereocenters. The van der Waals surface area contributed by atoms with Crippen LogP contribution in [-0.2, 0) is 0 Å². The summed E-state index contributed by atoms with van der Waals surface area (Å²) in [5.41, 5.74) is 6.34. The molecule has 19 heavy (non-hydrogen) atoms. The van der Waals surface area contributed by atoms with Crippen molar-refractivity contribution in [2.24, 2.45) is 11.7 Å². The summed E-state index contributed by atoms with van der Waals surface area (Å²) in [5, 5.41) is 10.6. The Kier molecular flexibility index (Phi) is 2.98. The number of anilines is 1. The molecule has 3 N–H and O–H groups in total. The highest BCUT2D eigenvalue weighted by Crippen LogP contribution is 2.22. The van der Waals surface area contributed by atoms with Crippen LogP contribution in [0.15, 0.2) is 16.9 Å². The molecule has 0 bridgehead atoms. The lowest BCUT2D eigenvalue weighted by atomic mass is 9.91. The summed E-state index contributed by atoms with van der Waals surface area (Å²) in [4.78, 5) is 13.7. The zero-order valence-corrected chi connectivity index (χ0v) is 10.9. The number of aromatic nitrogens is 4. The molecule has 1 aliphatic heterocycles. The van der Waals surface area contributed by atoms with Gasteiger partial charge in [-0.05, 0) is 24.5 Å². The number of nitrogens with one attached hydrogen (secondary N) is 1. The Morgan fingerprint density at radius 2 is 2.37 bits per heavy atom. The summed E-state index contributed by atoms with van der Waals surface area (Å²) in [6.45, 7) is 3.93. The number of hydrogen-bond acceptors (Lipinski definition) is 5. The SMILES string of the molecule is CCC1CN(c2ccc3n[nH]c(=O)n3n2)CCC1N. The number of piperidine rings is 1. The first kappa shape index (κ1) is 12.2. The quantitative estimate of drug-likeness (QED) is 0.793. The third kappa shape index (κ3) is 2.10. The summed E-state index contributed by atoms with van der Waals surface area (Å²) in [5.74, 6) is 1.29. The van der Waals surface area contributed by atoms with Crippen LogP contribution in [-0.4, -0.2) is 38.9 Å². The Bertz CT molecular complexity index is 632. The maximum Gasteiger partial charge on any atom is 0.364 e. The zero-order valence-electron chi connectivity index (χ0n) is 10.9. The van der Waals surface area contributed by atoms with Crippen LogP contribution in [0.2, 0.25) is 0 Å². The summed E-state index contributed by atoms with van der Waals surface area (Å²) >= 11 is 0. The fourth-order valence-corrected chi connectivity index (χ4v) is 2.65. The van der Waals surface area contributed by atoms with E-state index in [1.54, 1.807) is 6.07 Å². The zero-order chi connectivity index (χ0) is 13.4. The molecule has 1 fully saturated rings. The third-order valence-electron chi connectivity index (χ3n) is 3.90. The van der Waals surface area contributed by atoms with Crippen LogP contribution in [0.5, 0.6) is 0 Å². The second kappa shape index (κ2) is 4.65. The van der Waals surface area contributed by atoms with Crippen molar-refractivity contribution in [3.8, 4) is 0 Å². The Morgan fingerprint density at radius 3 is 3.16 bits per heavy atom. The van der Waals surface area contributed by atoms with E-state index in [-0.39, 0.29) is 11.7 Å². The standard InChI is InChI=1S/C12H18N6O/c1-2-8-7-17(6-5-9(8)13)11-4-3-10-14-15-12(19)18(10)16-11/h3-4,8-9H,2,5-7,13H2,1H3,(H,15,19). The molecule has 3 heterocycles. The monoisotopic (exact) mass is 262 g/mol. The van der Waals surface area contributed by atoms with Crippen LogP contribution in [0.25, 0.3) is 5.65 Å². The van der Waals surface area contributed by atoms with E-state index in [0.29, 0.717) is 11.6 Å². The molecule has 0 aliphatic carbocycles. The first-order valence-corrected chi connectivity index (χ1v) is 6.64. The third-order valence-corrected chi connectivity index (χ3v) is 3.90. The number of rotatable bonds is 2. The average Bonchev–Trinajstić information content (AvgIpc) is 2.80. The van der Waals surface area contributed by atoms with Crippen molar-refractivity contribution >= 4 is 11.5 Å². The lowest BCUT2D eigenvalue weighted by Gasteiger charge is -2.37. The molecule has 0 aromatic carbocycles. The van der Waals surface area contributed by atoms with Gasteiger partial charge < -0.3 is 10.6 Å². The average molecular weight is 262 g/mol. The molecule has 0 saturated carbocycles. The van der Waals surface area contributed by atoms with Crippen LogP contribution >= 0.6 is 0 Å². The predicted molar refractivity (Wildman–Crippen MR) is 72.2 cm³/mol. The van der Waals surface area contributed by atoms with Gasteiger partial charge in [-0.3, -0.25) is 0 Å². The van der Waals surface area contributed by atoms with Crippen LogP contribution in [0.4, 0.5) is 5.82 Å². The van der Waals surface area contributed by atoms with Crippen molar-refractivity contribution in [3.63, 3.8) is 0 Å². The van der Waals surface area contributed by atoms with Gasteiger partial charge in [-0.1, -0.05) is 13.3 Å². The normalized spacial score (nSPS) is 24.0. The lowest BCUT2D eigenvalue weighted by molar-refractivity contribution is 0.346. The molecule has 0 spiro atoms. The Morgan fingerprint density at radius 1 is 1.53 bits per heavy atom. The number of aromatic amines is 1. The molecule has 2 aromatic heterocycles. The topological polar surface area (TPSA) is 92.3 Å². The maximum atomic E-state index is 11.5. The highest BCUT2D eigenvalue weighted by Gasteiger charge is 2.26. The van der Waals surface area contributed by atoms with E-state index >= 15 is 0 Å². The number of hydrogen-bond donors (Lipinski definition) is 2. The van der Waals surface area contributed by atoms with E-state index < -0.39 is 0 Å². The van der Waals surface area contributed by atoms with Crippen molar-refractivity contribution in [3.05, 3.63) is 22.6 Å². The van der Waals surface area contributed by atoms with E-state index in [1.165, 1.54) is 4.52 Å². The molecule has 0 radical (unpaired) electrons. The Hall–Kier alpha value is -1.89. The highest BCUT2D eigenvalue weighted by molar-refractivity contribution is 5.45. The van der Waals surface area contributed by atoms with E-state index in [1.807, 2.05) is 6.07 Å². The first-order valence-electron chi connectivity index (χ1n) is 6.64. The van der Waals surface area contributed by atoms with Crippen LogP contribution in [0.1, 0.15) is 19.8 Å². The second-order valence-corrected chi connectivity index (χ2v) is 5.06. The van der Waals surface area contributed by atoms with Crippen molar-refractivity contribution in [1.82, 2.24) is 19.8 Å². The second-order valence-electron chi connectivity index (χ2n) is 5.06. The largest absolute Gasteiger partial charge is 0.364 e. The molecule has 1 saturated heterocycles. The lowest BCUT2D eigenvalue weighted by Crippen LogP contribution is -2.47. The first-order chi connectivity index (χ1) is 9.19. The molecule has 3 rings (SSSR count). The summed E-state index contributed by atoms with van der Waals surface area (Å²) in [6.07, 6.45) is 2.02. The van der Waals surface area contributed by atoms with Gasteiger partial charge in [-0.15, -0.1) is 5.10 Å². The van der Waals surface area contributed by atoms with Gasteiger partial charge in [0.05, 0.1) is 0 Å². The van der Waals surface area contributed by atoms with Crippen molar-refractivity contribution < 1.29 is 0 Å². The Labute approximate surface area is 110 Å². The highest BCUT2D eigenvalue weighted by atomic mass is 16.2. The van der Waals surface area contributed by atoms with E-state index in [9.17, 15) is 4.79 Å². The van der Waals surface area contributed by atoms with Gasteiger partial charge in [0.2, 0.25) is 0 Å². The number of H-pyrrole nitrogens is 1. The van der Waals surface area contributed by atoms with Gasteiger partial charge >= 0.3 is 5.69 Å². The number of fused-ring (bicyclic) bond motifs is 1. The number of nitrogens with two attached hydrogens (primary N) is 1. The molecule has 0 amide bonds. The maximum absolute atomic E-state index is 11.5. The fraction of sp³-hybridized carbons (Fsp3) is 0.583. The Balaban J connectivity index is 1.91. The minimum Gasteiger partial charge on any atom is -0.355 e. The van der Waals surface area contributed by atoms with Crippen LogP contribution in [0.3, 0.4) is 0 Å². The smallest absolute Gasteiger partial charge is 0.355 e. The molecule has 7 nitrogen and oxygen atoms in total. The van der Waals surface area contributed by atoms with Crippen molar-refractivity contribution in [1.29, 1.82) is 0 Å². The van der Waals surface area contributed by atoms with Gasteiger partial charge in [-0.2, -0.15) is 9.61 Å². The molecular formula is C12H18N6O. The molecule has 2 unspecified atom stereocenters. The van der Waals surface area contributed by atoms with E-state index in [0.717, 1.165) is 31.7 Å². The van der Waals surface area contributed by atoms with E-state index in [4.69, 9.17) is 5.73 Å². The molecule has 102 valence electrons. The minimum absolute atomic E-state index is 0.265. The number of nitrogens with zero attached hydrogens (tertiary/aromatic N) is 4. The van der Waals surface area contributed by atoms with Crippen LogP contribution in [0, 0.1) is 5.92 Å². The molecular weight excluding hydrogens is 244 g/mol. The van der Waals surface area contributed by atoms with Crippen molar-refractivity contribution in [2.45, 2.75) is 25.8 Å². The van der Waals surface area contributed by atoms with Gasteiger partial charge in [0.1, 0.15) is 5.82 Å². The van der Waals surface area contributed by atoms with Gasteiger partial charge in [0, 0.05) is 19.1 Å². The summed E-state index contributed by atoms with van der Waals surface area (Å²) < 4.78 is 1.30. The molecule has 2 aromatic rings.